The van der Waals surface area contributed by atoms with E-state index in [1.165, 1.54) is 0 Å². The fourth-order valence-corrected chi connectivity index (χ4v) is 8.02. The quantitative estimate of drug-likeness (QED) is 0.381. The van der Waals surface area contributed by atoms with Crippen molar-refractivity contribution in [2.24, 2.45) is 11.8 Å². The topological polar surface area (TPSA) is 87.2 Å². The highest BCUT2D eigenvalue weighted by Gasteiger charge is 2.74. The summed E-state index contributed by atoms with van der Waals surface area (Å²) in [6.07, 6.45) is 10.9. The van der Waals surface area contributed by atoms with Crippen LogP contribution in [0.1, 0.15) is 53.4 Å². The highest BCUT2D eigenvalue weighted by Crippen LogP contribution is 2.65. The van der Waals surface area contributed by atoms with E-state index in [2.05, 4.69) is 12.2 Å². The second-order valence-electron chi connectivity index (χ2n) is 10.7. The van der Waals surface area contributed by atoms with E-state index in [1.54, 1.807) is 16.7 Å². The molecule has 33 heavy (non-hydrogen) atoms. The van der Waals surface area contributed by atoms with Crippen LogP contribution in [-0.2, 0) is 19.1 Å². The summed E-state index contributed by atoms with van der Waals surface area (Å²) in [4.78, 5) is 44.9. The van der Waals surface area contributed by atoms with Gasteiger partial charge in [0.2, 0.25) is 11.8 Å². The van der Waals surface area contributed by atoms with Crippen LogP contribution < -0.4 is 0 Å². The van der Waals surface area contributed by atoms with Crippen LogP contribution in [0, 0.1) is 11.8 Å². The molecule has 7 nitrogen and oxygen atoms in total. The molecule has 2 fully saturated rings. The molecule has 8 heteroatoms. The van der Waals surface area contributed by atoms with Gasteiger partial charge in [0.05, 0.1) is 23.2 Å². The van der Waals surface area contributed by atoms with Crippen LogP contribution >= 0.6 is 11.8 Å². The molecule has 4 aliphatic heterocycles. The minimum Gasteiger partial charge on any atom is -0.465 e. The number of esters is 1. The van der Waals surface area contributed by atoms with Crippen LogP contribution in [0.4, 0.5) is 0 Å². The zero-order valence-electron chi connectivity index (χ0n) is 20.1. The lowest BCUT2D eigenvalue weighted by Gasteiger charge is -2.41. The monoisotopic (exact) mass is 476 g/mol. The standard InChI is InChI=1S/C25H36N2O5S/c1-23(2,3)27-14-10-12-25-17(20(29)26(13-7-8-15-28)19(25)21(27)30)18-22(31)32-16-9-5-6-11-24(18,4)33-25/h6,10-12,17-19,28H,5,7-9,13-16H2,1-4H3/b11-6-/t17-,18+,19?,24-,25-/m0/s1. The summed E-state index contributed by atoms with van der Waals surface area (Å²) in [5.41, 5.74) is -0.406. The van der Waals surface area contributed by atoms with Gasteiger partial charge in [0, 0.05) is 30.0 Å². The number of likely N-dealkylation sites (tertiary alicyclic amines) is 1. The maximum atomic E-state index is 14.1. The lowest BCUT2D eigenvalue weighted by Crippen LogP contribution is -2.57. The van der Waals surface area contributed by atoms with E-state index in [0.717, 1.165) is 12.8 Å². The van der Waals surface area contributed by atoms with Crippen molar-refractivity contribution >= 4 is 29.5 Å². The molecule has 0 aromatic rings. The van der Waals surface area contributed by atoms with E-state index in [0.29, 0.717) is 32.5 Å². The maximum Gasteiger partial charge on any atom is 0.311 e. The van der Waals surface area contributed by atoms with Crippen molar-refractivity contribution in [2.75, 3.05) is 26.3 Å². The Labute approximate surface area is 200 Å². The number of ether oxygens (including phenoxy) is 1. The van der Waals surface area contributed by atoms with Crippen LogP contribution in [0.25, 0.3) is 0 Å². The average Bonchev–Trinajstić information content (AvgIpc) is 3.06. The molecule has 4 heterocycles. The summed E-state index contributed by atoms with van der Waals surface area (Å²) in [5.74, 6) is -1.90. The predicted octanol–water partition coefficient (Wildman–Crippen LogP) is 2.54. The number of allylic oxidation sites excluding steroid dienone is 1. The van der Waals surface area contributed by atoms with Gasteiger partial charge in [-0.15, -0.1) is 11.8 Å². The Morgan fingerprint density at radius 3 is 2.58 bits per heavy atom. The molecule has 2 saturated heterocycles. The molecule has 0 bridgehead atoms. The van der Waals surface area contributed by atoms with Crippen LogP contribution in [0.15, 0.2) is 24.3 Å². The molecule has 4 rings (SSSR count). The summed E-state index contributed by atoms with van der Waals surface area (Å²) < 4.78 is 4.15. The van der Waals surface area contributed by atoms with Crippen molar-refractivity contribution in [1.82, 2.24) is 9.80 Å². The summed E-state index contributed by atoms with van der Waals surface area (Å²) in [7, 11) is 0. The van der Waals surface area contributed by atoms with Crippen LogP contribution in [-0.4, -0.2) is 80.1 Å². The molecule has 2 amide bonds. The summed E-state index contributed by atoms with van der Waals surface area (Å²) >= 11 is 1.58. The molecule has 182 valence electrons. The van der Waals surface area contributed by atoms with Gasteiger partial charge in [0.15, 0.2) is 0 Å². The zero-order valence-corrected chi connectivity index (χ0v) is 20.9. The van der Waals surface area contributed by atoms with Crippen molar-refractivity contribution in [3.8, 4) is 0 Å². The number of nitrogens with zero attached hydrogens (tertiary/aromatic N) is 2. The van der Waals surface area contributed by atoms with Crippen molar-refractivity contribution in [2.45, 2.75) is 74.5 Å². The SMILES string of the molecule is CC(C)(C)N1CC=C[C@]23S[C@@]4(C)/C=C\CCCOC(=O)[C@H]4[C@H]2C(=O)N(CCCCO)C3C1=O. The van der Waals surface area contributed by atoms with Crippen LogP contribution in [0.2, 0.25) is 0 Å². The number of carbonyl (C=O) groups is 3. The zero-order chi connectivity index (χ0) is 24.0. The number of cyclic esters (lactones) is 1. The smallest absolute Gasteiger partial charge is 0.311 e. The fraction of sp³-hybridized carbons (Fsp3) is 0.720. The number of hydrogen-bond acceptors (Lipinski definition) is 6. The number of aliphatic hydroxyl groups is 1. The van der Waals surface area contributed by atoms with Crippen molar-refractivity contribution in [3.05, 3.63) is 24.3 Å². The van der Waals surface area contributed by atoms with Gasteiger partial charge in [-0.25, -0.2) is 0 Å². The second-order valence-corrected chi connectivity index (χ2v) is 12.5. The number of rotatable bonds is 4. The third-order valence-corrected chi connectivity index (χ3v) is 9.16. The molecule has 1 spiro atoms. The Bertz CT molecular complexity index is 881. The molecule has 4 aliphatic rings. The highest BCUT2D eigenvalue weighted by atomic mass is 32.2. The minimum absolute atomic E-state index is 0.0375. The van der Waals surface area contributed by atoms with E-state index >= 15 is 0 Å². The predicted molar refractivity (Wildman–Crippen MR) is 127 cm³/mol. The summed E-state index contributed by atoms with van der Waals surface area (Å²) in [6, 6.07) is -0.690. The van der Waals surface area contributed by atoms with E-state index in [1.807, 2.05) is 44.7 Å². The molecule has 0 aliphatic carbocycles. The van der Waals surface area contributed by atoms with Crippen LogP contribution in [0.5, 0.6) is 0 Å². The summed E-state index contributed by atoms with van der Waals surface area (Å²) in [5, 5.41) is 9.29. The van der Waals surface area contributed by atoms with Crippen molar-refractivity contribution in [3.63, 3.8) is 0 Å². The van der Waals surface area contributed by atoms with Gasteiger partial charge >= 0.3 is 5.97 Å². The number of unbranched alkanes of at least 4 members (excludes halogenated alkanes) is 1. The molecular formula is C25H36N2O5S. The Morgan fingerprint density at radius 1 is 1.12 bits per heavy atom. The second kappa shape index (κ2) is 8.77. The van der Waals surface area contributed by atoms with E-state index in [9.17, 15) is 19.5 Å². The Hall–Kier alpha value is -1.80. The molecule has 0 aromatic carbocycles. The van der Waals surface area contributed by atoms with E-state index < -0.39 is 32.9 Å². The van der Waals surface area contributed by atoms with Crippen LogP contribution in [0.3, 0.4) is 0 Å². The van der Waals surface area contributed by atoms with Gasteiger partial charge in [0.25, 0.3) is 0 Å². The molecular weight excluding hydrogens is 440 g/mol. The molecule has 5 atom stereocenters. The highest BCUT2D eigenvalue weighted by molar-refractivity contribution is 8.02. The Morgan fingerprint density at radius 2 is 1.88 bits per heavy atom. The van der Waals surface area contributed by atoms with Gasteiger partial charge < -0.3 is 19.6 Å². The average molecular weight is 477 g/mol. The van der Waals surface area contributed by atoms with Gasteiger partial charge in [-0.2, -0.15) is 0 Å². The normalized spacial score (nSPS) is 37.5. The number of hydrogen-bond donors (Lipinski definition) is 1. The fourth-order valence-electron chi connectivity index (χ4n) is 5.87. The number of aliphatic hydroxyl groups excluding tert-OH is 1. The Balaban J connectivity index is 1.85. The van der Waals surface area contributed by atoms with Crippen molar-refractivity contribution in [1.29, 1.82) is 0 Å². The van der Waals surface area contributed by atoms with Gasteiger partial charge in [-0.3, -0.25) is 14.4 Å². The number of carbonyl (C=O) groups excluding carboxylic acids is 3. The molecule has 1 N–H and O–H groups in total. The summed E-state index contributed by atoms with van der Waals surface area (Å²) in [6.45, 7) is 9.23. The third kappa shape index (κ3) is 3.93. The lowest BCUT2D eigenvalue weighted by atomic mass is 9.74. The molecule has 1 unspecified atom stereocenters. The van der Waals surface area contributed by atoms with Crippen molar-refractivity contribution < 1.29 is 24.2 Å². The first-order valence-electron chi connectivity index (χ1n) is 12.0. The van der Waals surface area contributed by atoms with E-state index in [-0.39, 0.29) is 24.4 Å². The Kier molecular flexibility index (Phi) is 6.46. The van der Waals surface area contributed by atoms with Gasteiger partial charge in [-0.1, -0.05) is 24.3 Å². The third-order valence-electron chi connectivity index (χ3n) is 7.37. The van der Waals surface area contributed by atoms with Gasteiger partial charge in [0.1, 0.15) is 6.04 Å². The first-order chi connectivity index (χ1) is 15.6. The van der Waals surface area contributed by atoms with Gasteiger partial charge in [-0.05, 0) is 53.4 Å². The molecule has 0 aromatic heterocycles. The first kappa shape index (κ1) is 24.3. The number of fused-ring (bicyclic) bond motifs is 2. The first-order valence-corrected chi connectivity index (χ1v) is 12.8. The molecule has 0 saturated carbocycles. The maximum absolute atomic E-state index is 14.1. The number of thioether (sulfide) groups is 1. The lowest BCUT2D eigenvalue weighted by molar-refractivity contribution is -0.154. The minimum atomic E-state index is -0.838. The largest absolute Gasteiger partial charge is 0.465 e. The van der Waals surface area contributed by atoms with E-state index in [4.69, 9.17) is 4.74 Å². The molecule has 0 radical (unpaired) electrons. The number of amides is 2.